The molecule has 2 aromatic rings. The first-order chi connectivity index (χ1) is 12.6. The topological polar surface area (TPSA) is 58.6 Å². The lowest BCUT2D eigenvalue weighted by molar-refractivity contribution is -0.126. The molecule has 0 saturated carbocycles. The van der Waals surface area contributed by atoms with Gasteiger partial charge in [0.05, 0.1) is 13.0 Å². The SMILES string of the molecule is COc1cccc(N2CC(C(=O)NCCc3ccc(Cl)cc3)CC2=O)c1. The number of nitrogens with zero attached hydrogens (tertiary/aromatic N) is 1. The lowest BCUT2D eigenvalue weighted by Crippen LogP contribution is -2.34. The summed E-state index contributed by atoms with van der Waals surface area (Å²) in [5.41, 5.74) is 1.86. The molecule has 0 aliphatic carbocycles. The number of carbonyl (C=O) groups is 2. The molecule has 2 amide bonds. The molecule has 0 spiro atoms. The van der Waals surface area contributed by atoms with Gasteiger partial charge < -0.3 is 15.0 Å². The van der Waals surface area contributed by atoms with E-state index >= 15 is 0 Å². The number of halogens is 1. The third-order valence-electron chi connectivity index (χ3n) is 4.49. The first kappa shape index (κ1) is 18.3. The van der Waals surface area contributed by atoms with Crippen molar-refractivity contribution >= 4 is 29.1 Å². The van der Waals surface area contributed by atoms with Crippen molar-refractivity contribution in [1.29, 1.82) is 0 Å². The summed E-state index contributed by atoms with van der Waals surface area (Å²) in [5.74, 6) is 0.221. The molecule has 3 rings (SSSR count). The Morgan fingerprint density at radius 1 is 1.27 bits per heavy atom. The van der Waals surface area contributed by atoms with Crippen LogP contribution in [0.25, 0.3) is 0 Å². The maximum absolute atomic E-state index is 12.4. The van der Waals surface area contributed by atoms with Crippen LogP contribution in [0.2, 0.25) is 5.02 Å². The van der Waals surface area contributed by atoms with E-state index in [2.05, 4.69) is 5.32 Å². The number of amides is 2. The second kappa shape index (κ2) is 8.23. The van der Waals surface area contributed by atoms with Crippen LogP contribution in [0.4, 0.5) is 5.69 Å². The molecule has 26 heavy (non-hydrogen) atoms. The number of benzene rings is 2. The summed E-state index contributed by atoms with van der Waals surface area (Å²) in [6.45, 7) is 0.920. The van der Waals surface area contributed by atoms with Crippen molar-refractivity contribution in [3.63, 3.8) is 0 Å². The molecule has 1 aliphatic rings. The van der Waals surface area contributed by atoms with Gasteiger partial charge in [0.15, 0.2) is 0 Å². The van der Waals surface area contributed by atoms with Crippen LogP contribution in [0.3, 0.4) is 0 Å². The van der Waals surface area contributed by atoms with Gasteiger partial charge in [-0.05, 0) is 36.2 Å². The second-order valence-electron chi connectivity index (χ2n) is 6.27. The fraction of sp³-hybridized carbons (Fsp3) is 0.300. The zero-order valence-electron chi connectivity index (χ0n) is 14.6. The van der Waals surface area contributed by atoms with Crippen molar-refractivity contribution in [3.05, 3.63) is 59.1 Å². The summed E-state index contributed by atoms with van der Waals surface area (Å²) < 4.78 is 5.20. The zero-order chi connectivity index (χ0) is 18.5. The summed E-state index contributed by atoms with van der Waals surface area (Å²) in [6, 6.07) is 14.9. The van der Waals surface area contributed by atoms with E-state index in [1.807, 2.05) is 42.5 Å². The number of methoxy groups -OCH3 is 1. The molecule has 1 aliphatic heterocycles. The fourth-order valence-electron chi connectivity index (χ4n) is 3.04. The number of carbonyl (C=O) groups excluding carboxylic acids is 2. The highest BCUT2D eigenvalue weighted by molar-refractivity contribution is 6.30. The molecule has 136 valence electrons. The van der Waals surface area contributed by atoms with Crippen LogP contribution in [0.15, 0.2) is 48.5 Å². The van der Waals surface area contributed by atoms with Gasteiger partial charge in [0.2, 0.25) is 11.8 Å². The maximum atomic E-state index is 12.4. The van der Waals surface area contributed by atoms with E-state index in [1.165, 1.54) is 0 Å². The highest BCUT2D eigenvalue weighted by Crippen LogP contribution is 2.27. The largest absolute Gasteiger partial charge is 0.497 e. The maximum Gasteiger partial charge on any atom is 0.227 e. The van der Waals surface area contributed by atoms with Crippen molar-refractivity contribution < 1.29 is 14.3 Å². The lowest BCUT2D eigenvalue weighted by Gasteiger charge is -2.17. The molecule has 1 heterocycles. The predicted octanol–water partition coefficient (Wildman–Crippen LogP) is 3.06. The Labute approximate surface area is 157 Å². The van der Waals surface area contributed by atoms with Crippen LogP contribution in [-0.2, 0) is 16.0 Å². The molecule has 1 unspecified atom stereocenters. The number of rotatable bonds is 6. The van der Waals surface area contributed by atoms with Gasteiger partial charge in [-0.3, -0.25) is 9.59 Å². The van der Waals surface area contributed by atoms with Crippen LogP contribution in [0.1, 0.15) is 12.0 Å². The van der Waals surface area contributed by atoms with Crippen LogP contribution >= 0.6 is 11.6 Å². The van der Waals surface area contributed by atoms with Crippen LogP contribution in [-0.4, -0.2) is 32.0 Å². The minimum Gasteiger partial charge on any atom is -0.497 e. The number of nitrogens with one attached hydrogen (secondary N) is 1. The third-order valence-corrected chi connectivity index (χ3v) is 4.74. The van der Waals surface area contributed by atoms with Crippen molar-refractivity contribution in [2.75, 3.05) is 25.1 Å². The quantitative estimate of drug-likeness (QED) is 0.847. The zero-order valence-corrected chi connectivity index (χ0v) is 15.3. The van der Waals surface area contributed by atoms with Gasteiger partial charge in [-0.2, -0.15) is 0 Å². The van der Waals surface area contributed by atoms with Crippen LogP contribution < -0.4 is 15.0 Å². The van der Waals surface area contributed by atoms with E-state index < -0.39 is 0 Å². The smallest absolute Gasteiger partial charge is 0.227 e. The summed E-state index contributed by atoms with van der Waals surface area (Å²) in [4.78, 5) is 26.4. The number of hydrogen-bond acceptors (Lipinski definition) is 3. The van der Waals surface area contributed by atoms with Gasteiger partial charge in [-0.1, -0.05) is 29.8 Å². The first-order valence-corrected chi connectivity index (χ1v) is 8.91. The first-order valence-electron chi connectivity index (χ1n) is 8.53. The van der Waals surface area contributed by atoms with Gasteiger partial charge in [0.25, 0.3) is 0 Å². The highest BCUT2D eigenvalue weighted by atomic mass is 35.5. The Hall–Kier alpha value is -2.53. The minimum atomic E-state index is -0.334. The second-order valence-corrected chi connectivity index (χ2v) is 6.71. The Kier molecular flexibility index (Phi) is 5.78. The molecule has 0 bridgehead atoms. The lowest BCUT2D eigenvalue weighted by atomic mass is 10.1. The average Bonchev–Trinajstić information content (AvgIpc) is 3.05. The minimum absolute atomic E-state index is 0.0453. The number of ether oxygens (including phenoxy) is 1. The van der Waals surface area contributed by atoms with Crippen molar-refractivity contribution in [2.24, 2.45) is 5.92 Å². The molecule has 1 N–H and O–H groups in total. The molecule has 6 heteroatoms. The van der Waals surface area contributed by atoms with Gasteiger partial charge in [0, 0.05) is 36.3 Å². The van der Waals surface area contributed by atoms with E-state index in [9.17, 15) is 9.59 Å². The summed E-state index contributed by atoms with van der Waals surface area (Å²) in [6.07, 6.45) is 0.952. The molecule has 1 saturated heterocycles. The fourth-order valence-corrected chi connectivity index (χ4v) is 3.16. The average molecular weight is 373 g/mol. The Morgan fingerprint density at radius 3 is 2.77 bits per heavy atom. The van der Waals surface area contributed by atoms with E-state index in [0.717, 1.165) is 17.7 Å². The molecule has 5 nitrogen and oxygen atoms in total. The molecule has 1 atom stereocenters. The van der Waals surface area contributed by atoms with Gasteiger partial charge >= 0.3 is 0 Å². The predicted molar refractivity (Wildman–Crippen MR) is 102 cm³/mol. The molecule has 0 radical (unpaired) electrons. The number of anilines is 1. The number of hydrogen-bond donors (Lipinski definition) is 1. The monoisotopic (exact) mass is 372 g/mol. The van der Waals surface area contributed by atoms with Gasteiger partial charge in [-0.25, -0.2) is 0 Å². The summed E-state index contributed by atoms with van der Waals surface area (Å²) in [5, 5.41) is 3.62. The van der Waals surface area contributed by atoms with E-state index in [-0.39, 0.29) is 24.2 Å². The normalized spacial score (nSPS) is 16.6. The van der Waals surface area contributed by atoms with Gasteiger partial charge in [0.1, 0.15) is 5.75 Å². The van der Waals surface area contributed by atoms with E-state index in [0.29, 0.717) is 23.9 Å². The molecule has 0 aromatic heterocycles. The van der Waals surface area contributed by atoms with Crippen molar-refractivity contribution in [1.82, 2.24) is 5.32 Å². The van der Waals surface area contributed by atoms with Crippen LogP contribution in [0, 0.1) is 5.92 Å². The van der Waals surface area contributed by atoms with Crippen molar-refractivity contribution in [2.45, 2.75) is 12.8 Å². The van der Waals surface area contributed by atoms with Crippen LogP contribution in [0.5, 0.6) is 5.75 Å². The molecule has 1 fully saturated rings. The van der Waals surface area contributed by atoms with Gasteiger partial charge in [-0.15, -0.1) is 0 Å². The van der Waals surface area contributed by atoms with E-state index in [4.69, 9.17) is 16.3 Å². The van der Waals surface area contributed by atoms with Crippen molar-refractivity contribution in [3.8, 4) is 5.75 Å². The third kappa shape index (κ3) is 4.35. The standard InChI is InChI=1S/C20H21ClN2O3/c1-26-18-4-2-3-17(12-18)23-13-15(11-19(23)24)20(25)22-10-9-14-5-7-16(21)8-6-14/h2-8,12,15H,9-11,13H2,1H3,(H,22,25). The molecular formula is C20H21ClN2O3. The Morgan fingerprint density at radius 2 is 2.04 bits per heavy atom. The molecular weight excluding hydrogens is 352 g/mol. The Balaban J connectivity index is 1.54. The highest BCUT2D eigenvalue weighted by Gasteiger charge is 2.35. The Bertz CT molecular complexity index is 792. The summed E-state index contributed by atoms with van der Waals surface area (Å²) >= 11 is 5.86. The summed E-state index contributed by atoms with van der Waals surface area (Å²) in [7, 11) is 1.59. The molecule has 2 aromatic carbocycles. The van der Waals surface area contributed by atoms with E-state index in [1.54, 1.807) is 18.1 Å².